The van der Waals surface area contributed by atoms with Gasteiger partial charge in [-0.15, -0.1) is 0 Å². The van der Waals surface area contributed by atoms with E-state index in [4.69, 9.17) is 9.47 Å². The Kier molecular flexibility index (Phi) is 5.94. The molecule has 7 nitrogen and oxygen atoms in total. The number of nitrogens with zero attached hydrogens (tertiary/aromatic N) is 3. The van der Waals surface area contributed by atoms with E-state index in [2.05, 4.69) is 29.0 Å². The van der Waals surface area contributed by atoms with Crippen molar-refractivity contribution in [2.45, 2.75) is 44.8 Å². The van der Waals surface area contributed by atoms with Crippen LogP contribution in [-0.4, -0.2) is 71.8 Å². The zero-order valence-corrected chi connectivity index (χ0v) is 16.8. The van der Waals surface area contributed by atoms with E-state index in [0.717, 1.165) is 50.5 Å². The lowest BCUT2D eigenvalue weighted by molar-refractivity contribution is -0.0598. The van der Waals surface area contributed by atoms with Crippen LogP contribution in [0.4, 0.5) is 0 Å². The number of hydrogen-bond donors (Lipinski definition) is 1. The van der Waals surface area contributed by atoms with Crippen LogP contribution in [0.1, 0.15) is 48.9 Å². The number of ether oxygens (including phenoxy) is 2. The molecule has 2 aliphatic heterocycles. The Morgan fingerprint density at radius 1 is 1.29 bits per heavy atom. The van der Waals surface area contributed by atoms with Gasteiger partial charge in [-0.05, 0) is 25.0 Å². The van der Waals surface area contributed by atoms with Crippen molar-refractivity contribution in [3.63, 3.8) is 0 Å². The second-order valence-electron chi connectivity index (χ2n) is 7.97. The first-order chi connectivity index (χ1) is 13.6. The maximum Gasteiger partial charge on any atom is 0.272 e. The van der Waals surface area contributed by atoms with Crippen molar-refractivity contribution < 1.29 is 14.3 Å². The molecular formula is C21H30N4O3. The second-order valence-corrected chi connectivity index (χ2v) is 7.97. The molecule has 1 unspecified atom stereocenters. The van der Waals surface area contributed by atoms with Crippen LogP contribution in [-0.2, 0) is 9.47 Å². The summed E-state index contributed by atoms with van der Waals surface area (Å²) < 4.78 is 13.4. The Morgan fingerprint density at radius 3 is 2.89 bits per heavy atom. The number of aromatic nitrogens is 2. The Morgan fingerprint density at radius 2 is 2.11 bits per heavy atom. The molecule has 4 rings (SSSR count). The van der Waals surface area contributed by atoms with Crippen LogP contribution in [0.3, 0.4) is 0 Å². The summed E-state index contributed by atoms with van der Waals surface area (Å²) in [4.78, 5) is 20.0. The van der Waals surface area contributed by atoms with E-state index in [1.165, 1.54) is 0 Å². The van der Waals surface area contributed by atoms with Gasteiger partial charge in [-0.3, -0.25) is 9.69 Å². The molecule has 1 amide bonds. The molecule has 0 radical (unpaired) electrons. The molecule has 0 spiro atoms. The third-order valence-corrected chi connectivity index (χ3v) is 5.67. The zero-order chi connectivity index (χ0) is 19.5. The summed E-state index contributed by atoms with van der Waals surface area (Å²) in [5.74, 6) is 1.01. The number of fused-ring (bicyclic) bond motifs is 1. The Hall–Kier alpha value is -1.96. The molecule has 2 saturated heterocycles. The van der Waals surface area contributed by atoms with Crippen LogP contribution in [0.15, 0.2) is 24.4 Å². The number of hydrogen-bond acceptors (Lipinski definition) is 5. The highest BCUT2D eigenvalue weighted by atomic mass is 16.5. The van der Waals surface area contributed by atoms with Gasteiger partial charge in [-0.1, -0.05) is 19.9 Å². The van der Waals surface area contributed by atoms with Crippen molar-refractivity contribution in [2.24, 2.45) is 0 Å². The van der Waals surface area contributed by atoms with Gasteiger partial charge in [0.2, 0.25) is 0 Å². The fourth-order valence-corrected chi connectivity index (χ4v) is 4.17. The number of pyridine rings is 1. The molecule has 2 aromatic rings. The molecule has 1 N–H and O–H groups in total. The van der Waals surface area contributed by atoms with Gasteiger partial charge in [0, 0.05) is 51.0 Å². The van der Waals surface area contributed by atoms with Crippen molar-refractivity contribution in [3.05, 3.63) is 35.9 Å². The summed E-state index contributed by atoms with van der Waals surface area (Å²) in [5, 5.41) is 3.05. The lowest BCUT2D eigenvalue weighted by atomic mass is 10.1. The number of amides is 1. The zero-order valence-electron chi connectivity index (χ0n) is 16.8. The molecule has 152 valence electrons. The van der Waals surface area contributed by atoms with Gasteiger partial charge in [0.05, 0.1) is 18.2 Å². The quantitative estimate of drug-likeness (QED) is 0.852. The van der Waals surface area contributed by atoms with Crippen molar-refractivity contribution >= 4 is 11.4 Å². The van der Waals surface area contributed by atoms with Gasteiger partial charge in [-0.2, -0.15) is 0 Å². The highest BCUT2D eigenvalue weighted by Gasteiger charge is 2.28. The van der Waals surface area contributed by atoms with Gasteiger partial charge in [0.15, 0.2) is 5.69 Å². The molecule has 2 fully saturated rings. The lowest BCUT2D eigenvalue weighted by Crippen LogP contribution is -2.52. The molecule has 4 heterocycles. The minimum absolute atomic E-state index is 0.0130. The maximum atomic E-state index is 12.8. The van der Waals surface area contributed by atoms with E-state index in [9.17, 15) is 4.79 Å². The van der Waals surface area contributed by atoms with Gasteiger partial charge < -0.3 is 19.2 Å². The molecule has 0 bridgehead atoms. The summed E-state index contributed by atoms with van der Waals surface area (Å²) in [6, 6.07) is 6.41. The van der Waals surface area contributed by atoms with Crippen LogP contribution in [0, 0.1) is 0 Å². The van der Waals surface area contributed by atoms with E-state index < -0.39 is 0 Å². The SMILES string of the molecule is CC(C)c1nc(C(=O)NCC2CN(C3CCOCC3)CCO2)c2ccccn12. The standard InChI is InChI=1S/C21H30N4O3/c1-15(2)20-23-19(18-5-3-4-8-25(18)20)21(26)22-13-17-14-24(9-12-28-17)16-6-10-27-11-7-16/h3-5,8,15-17H,6-7,9-14H2,1-2H3,(H,22,26). The largest absolute Gasteiger partial charge is 0.381 e. The normalized spacial score (nSPS) is 22.0. The number of morpholine rings is 1. The minimum Gasteiger partial charge on any atom is -0.381 e. The number of imidazole rings is 1. The molecule has 0 saturated carbocycles. The molecule has 0 aliphatic carbocycles. The predicted octanol–water partition coefficient (Wildman–Crippen LogP) is 2.07. The van der Waals surface area contributed by atoms with Gasteiger partial charge in [0.25, 0.3) is 5.91 Å². The Bertz CT molecular complexity index is 813. The van der Waals surface area contributed by atoms with E-state index in [-0.39, 0.29) is 17.9 Å². The summed E-state index contributed by atoms with van der Waals surface area (Å²) in [5.41, 5.74) is 1.33. The number of carbonyl (C=O) groups is 1. The molecule has 0 aromatic carbocycles. The lowest BCUT2D eigenvalue weighted by Gasteiger charge is -2.39. The van der Waals surface area contributed by atoms with Gasteiger partial charge in [0.1, 0.15) is 5.82 Å². The first kappa shape index (κ1) is 19.4. The average molecular weight is 386 g/mol. The molecule has 28 heavy (non-hydrogen) atoms. The number of carbonyl (C=O) groups excluding carboxylic acids is 1. The molecule has 1 atom stereocenters. The minimum atomic E-state index is -0.137. The summed E-state index contributed by atoms with van der Waals surface area (Å²) in [6.45, 7) is 8.88. The molecule has 2 aliphatic rings. The van der Waals surface area contributed by atoms with E-state index in [1.54, 1.807) is 0 Å². The molecule has 7 heteroatoms. The summed E-state index contributed by atoms with van der Waals surface area (Å²) in [6.07, 6.45) is 4.14. The Balaban J connectivity index is 1.40. The fraction of sp³-hybridized carbons (Fsp3) is 0.619. The number of rotatable bonds is 5. The van der Waals surface area contributed by atoms with Crippen molar-refractivity contribution in [1.29, 1.82) is 0 Å². The smallest absolute Gasteiger partial charge is 0.272 e. The van der Waals surface area contributed by atoms with Crippen LogP contribution in [0.5, 0.6) is 0 Å². The van der Waals surface area contributed by atoms with Crippen molar-refractivity contribution in [3.8, 4) is 0 Å². The topological polar surface area (TPSA) is 68.1 Å². The highest BCUT2D eigenvalue weighted by Crippen LogP contribution is 2.20. The van der Waals surface area contributed by atoms with Crippen molar-refractivity contribution in [1.82, 2.24) is 19.6 Å². The molecule has 2 aromatic heterocycles. The second kappa shape index (κ2) is 8.59. The third-order valence-electron chi connectivity index (χ3n) is 5.67. The molecular weight excluding hydrogens is 356 g/mol. The van der Waals surface area contributed by atoms with Crippen LogP contribution in [0.25, 0.3) is 5.52 Å². The van der Waals surface area contributed by atoms with E-state index in [1.807, 2.05) is 28.8 Å². The monoisotopic (exact) mass is 386 g/mol. The van der Waals surface area contributed by atoms with Crippen LogP contribution >= 0.6 is 0 Å². The van der Waals surface area contributed by atoms with Gasteiger partial charge in [-0.25, -0.2) is 4.98 Å². The van der Waals surface area contributed by atoms with Gasteiger partial charge >= 0.3 is 0 Å². The van der Waals surface area contributed by atoms with Crippen molar-refractivity contribution in [2.75, 3.05) is 39.5 Å². The predicted molar refractivity (Wildman–Crippen MR) is 107 cm³/mol. The van der Waals surface area contributed by atoms with E-state index in [0.29, 0.717) is 24.9 Å². The summed E-state index contributed by atoms with van der Waals surface area (Å²) >= 11 is 0. The summed E-state index contributed by atoms with van der Waals surface area (Å²) in [7, 11) is 0. The number of nitrogens with one attached hydrogen (secondary N) is 1. The first-order valence-electron chi connectivity index (χ1n) is 10.3. The fourth-order valence-electron chi connectivity index (χ4n) is 4.17. The highest BCUT2D eigenvalue weighted by molar-refractivity contribution is 5.99. The van der Waals surface area contributed by atoms with Crippen LogP contribution < -0.4 is 5.32 Å². The van der Waals surface area contributed by atoms with E-state index >= 15 is 0 Å². The third kappa shape index (κ3) is 4.06. The maximum absolute atomic E-state index is 12.8. The first-order valence-corrected chi connectivity index (χ1v) is 10.3. The average Bonchev–Trinajstić information content (AvgIpc) is 3.13. The van der Waals surface area contributed by atoms with Crippen LogP contribution in [0.2, 0.25) is 0 Å². The Labute approximate surface area is 166 Å².